The van der Waals surface area contributed by atoms with E-state index in [1.165, 1.54) is 55.3 Å². The topological polar surface area (TPSA) is 95.8 Å². The van der Waals surface area contributed by atoms with Crippen molar-refractivity contribution in [3.8, 4) is 124 Å². The Balaban J connectivity index is 0.000000134. The van der Waals surface area contributed by atoms with Gasteiger partial charge in [-0.05, 0) is 122 Å². The van der Waals surface area contributed by atoms with Gasteiger partial charge in [-0.25, -0.2) is 29.9 Å². The van der Waals surface area contributed by atoms with Crippen molar-refractivity contribution >= 4 is 76.1 Å². The van der Waals surface area contributed by atoms with E-state index >= 15 is 0 Å². The molecule has 0 amide bonds. The van der Waals surface area contributed by atoms with Crippen molar-refractivity contribution in [2.75, 3.05) is 0 Å². The van der Waals surface area contributed by atoms with Crippen LogP contribution in [0.25, 0.3) is 177 Å². The van der Waals surface area contributed by atoms with Gasteiger partial charge in [0.1, 0.15) is 23.0 Å². The zero-order chi connectivity index (χ0) is 80.1. The minimum Gasteiger partial charge on any atom is -0.457 e. The standard InChI is InChI=1S/C58H35N3O.C56H33N3O/c1-2-15-38(16-3-1)57-60-50-26-11-6-21-43(50)55(61-57)37-31-29-36(30-32-37)39-17-14-18-40(35-39)56-44-33-34-48-54(53(44)42-20-5-10-25-49(42)59-56)41-19-4-7-22-45(41)58(48)46-23-8-12-27-51(46)62-52-28-13-9-24-47(52)58;1-2-13-34(14-3-1)46-31-27-35-25-26-36-28-32-47(58-55(36)54(35)57-46)37-15-12-16-38(33-37)53-41-29-30-45-52(51(41)40-18-5-9-22-48(40)59-53)39-17-4-6-19-42(39)56(45)43-20-7-10-23-49(43)60-50-24-11-8-21-44(50)56/h1-35H;1-33H. The molecule has 22 aromatic rings. The minimum absolute atomic E-state index is 0.552. The summed E-state index contributed by atoms with van der Waals surface area (Å²) in [6.07, 6.45) is 0. The third kappa shape index (κ3) is 10.3. The van der Waals surface area contributed by atoms with E-state index in [9.17, 15) is 0 Å². The van der Waals surface area contributed by atoms with E-state index < -0.39 is 10.8 Å². The van der Waals surface area contributed by atoms with Gasteiger partial charge in [-0.2, -0.15) is 0 Å². The Morgan fingerprint density at radius 1 is 0.197 bits per heavy atom. The van der Waals surface area contributed by atoms with Gasteiger partial charge in [-0.15, -0.1) is 0 Å². The van der Waals surface area contributed by atoms with E-state index in [-0.39, 0.29) is 0 Å². The van der Waals surface area contributed by atoms with Crippen molar-refractivity contribution < 1.29 is 9.47 Å². The Morgan fingerprint density at radius 3 is 1.06 bits per heavy atom. The maximum absolute atomic E-state index is 6.63. The molecule has 0 saturated carbocycles. The van der Waals surface area contributed by atoms with E-state index in [1.807, 2.05) is 42.5 Å². The molecule has 0 radical (unpaired) electrons. The first kappa shape index (κ1) is 69.0. The lowest BCUT2D eigenvalue weighted by molar-refractivity contribution is 0.436. The Bertz CT molecular complexity index is 8080. The van der Waals surface area contributed by atoms with Gasteiger partial charge in [0.25, 0.3) is 0 Å². The van der Waals surface area contributed by atoms with E-state index in [2.05, 4.69) is 370 Å². The highest BCUT2D eigenvalue weighted by molar-refractivity contribution is 6.22. The summed E-state index contributed by atoms with van der Waals surface area (Å²) in [5.74, 6) is 4.28. The number of benzene rings is 17. The molecule has 2 aliphatic heterocycles. The maximum atomic E-state index is 6.63. The summed E-state index contributed by atoms with van der Waals surface area (Å²) in [5.41, 5.74) is 31.3. The van der Waals surface area contributed by atoms with E-state index in [4.69, 9.17) is 39.4 Å². The highest BCUT2D eigenvalue weighted by atomic mass is 16.5. The molecule has 122 heavy (non-hydrogen) atoms. The van der Waals surface area contributed by atoms with Crippen LogP contribution < -0.4 is 9.47 Å². The fourth-order valence-corrected chi connectivity index (χ4v) is 20.4. The van der Waals surface area contributed by atoms with Crippen molar-refractivity contribution in [2.24, 2.45) is 0 Å². The number of para-hydroxylation sites is 7. The van der Waals surface area contributed by atoms with Gasteiger partial charge < -0.3 is 9.47 Å². The lowest BCUT2D eigenvalue weighted by Crippen LogP contribution is -2.32. The molecular weight excluding hydrogens is 1490 g/mol. The molecule has 2 aliphatic carbocycles. The SMILES string of the molecule is c1ccc(-c2ccc3ccc4ccc(-c5cccc(-c6nc7ccccc7c7c8c(ccc67)C6(c7ccccc7Oc7ccccc76)c6ccccc6-8)c5)nc4c3n2)cc1.c1ccc(-c2nc(-c3ccc(-c4cccc(-c5nc6ccccc6c6c7c(ccc56)C5(c6ccccc6Oc6ccccc65)c5ccccc5-7)c4)cc3)c3ccccc3n2)cc1. The largest absolute Gasteiger partial charge is 0.457 e. The van der Waals surface area contributed by atoms with Crippen LogP contribution >= 0.6 is 0 Å². The molecule has 0 atom stereocenters. The zero-order valence-corrected chi connectivity index (χ0v) is 65.8. The minimum atomic E-state index is -0.557. The van der Waals surface area contributed by atoms with Crippen LogP contribution in [0.5, 0.6) is 23.0 Å². The van der Waals surface area contributed by atoms with E-state index in [0.717, 1.165) is 189 Å². The molecule has 0 N–H and O–H groups in total. The molecule has 566 valence electrons. The van der Waals surface area contributed by atoms with Gasteiger partial charge in [-0.3, -0.25) is 0 Å². The second-order valence-corrected chi connectivity index (χ2v) is 32.0. The number of hydrogen-bond acceptors (Lipinski definition) is 8. The first-order chi connectivity index (χ1) is 60.5. The highest BCUT2D eigenvalue weighted by Gasteiger charge is 2.53. The predicted molar refractivity (Wildman–Crippen MR) is 495 cm³/mol. The van der Waals surface area contributed by atoms with Gasteiger partial charge in [0.2, 0.25) is 0 Å². The lowest BCUT2D eigenvalue weighted by Gasteiger charge is -2.39. The number of ether oxygens (including phenoxy) is 2. The molecular formula is C114H68N6O2. The summed E-state index contributed by atoms with van der Waals surface area (Å²) in [4.78, 5) is 31.4. The van der Waals surface area contributed by atoms with E-state index in [1.54, 1.807) is 0 Å². The molecule has 17 aromatic carbocycles. The third-order valence-corrected chi connectivity index (χ3v) is 25.6. The van der Waals surface area contributed by atoms with Gasteiger partial charge in [0, 0.05) is 104 Å². The lowest BCUT2D eigenvalue weighted by atomic mass is 9.66. The van der Waals surface area contributed by atoms with Gasteiger partial charge in [-0.1, -0.05) is 346 Å². The smallest absolute Gasteiger partial charge is 0.160 e. The third-order valence-electron chi connectivity index (χ3n) is 25.6. The summed E-state index contributed by atoms with van der Waals surface area (Å²) in [5, 5.41) is 10.1. The Hall–Kier alpha value is -16.2. The number of fused-ring (bicyclic) bond motifs is 30. The van der Waals surface area contributed by atoms with Crippen LogP contribution in [0, 0.1) is 0 Å². The molecule has 0 bridgehead atoms. The monoisotopic (exact) mass is 1550 g/mol. The Morgan fingerprint density at radius 2 is 0.557 bits per heavy atom. The number of pyridine rings is 4. The Kier molecular flexibility index (Phi) is 15.4. The van der Waals surface area contributed by atoms with E-state index in [0.29, 0.717) is 0 Å². The first-order valence-electron chi connectivity index (χ1n) is 41.5. The van der Waals surface area contributed by atoms with Crippen LogP contribution in [0.1, 0.15) is 44.5 Å². The molecule has 0 fully saturated rings. The summed E-state index contributed by atoms with van der Waals surface area (Å²) in [6, 6.07) is 146. The highest BCUT2D eigenvalue weighted by Crippen LogP contribution is 2.66. The van der Waals surface area contributed by atoms with Crippen LogP contribution in [0.2, 0.25) is 0 Å². The number of hydrogen-bond donors (Lipinski definition) is 0. The fraction of sp³-hybridized carbons (Fsp3) is 0.0175. The van der Waals surface area contributed by atoms with Gasteiger partial charge in [0.05, 0.1) is 66.9 Å². The molecule has 0 unspecified atom stereocenters. The van der Waals surface area contributed by atoms with Crippen molar-refractivity contribution in [2.45, 2.75) is 10.8 Å². The molecule has 7 heterocycles. The van der Waals surface area contributed by atoms with Crippen LogP contribution in [0.3, 0.4) is 0 Å². The fourth-order valence-electron chi connectivity index (χ4n) is 20.4. The molecule has 4 aliphatic rings. The normalized spacial score (nSPS) is 13.2. The number of rotatable bonds is 7. The molecule has 0 saturated heterocycles. The van der Waals surface area contributed by atoms with Crippen molar-refractivity contribution in [3.63, 3.8) is 0 Å². The van der Waals surface area contributed by atoms with Crippen molar-refractivity contribution in [3.05, 3.63) is 457 Å². The Labute approximate surface area is 702 Å². The van der Waals surface area contributed by atoms with Crippen molar-refractivity contribution in [1.82, 2.24) is 29.9 Å². The van der Waals surface area contributed by atoms with Gasteiger partial charge in [0.15, 0.2) is 5.82 Å². The number of aromatic nitrogens is 6. The predicted octanol–water partition coefficient (Wildman–Crippen LogP) is 28.4. The van der Waals surface area contributed by atoms with Gasteiger partial charge >= 0.3 is 0 Å². The summed E-state index contributed by atoms with van der Waals surface area (Å²) >= 11 is 0. The summed E-state index contributed by atoms with van der Waals surface area (Å²) < 4.78 is 13.3. The summed E-state index contributed by atoms with van der Waals surface area (Å²) in [7, 11) is 0. The second kappa shape index (κ2) is 27.2. The quantitative estimate of drug-likeness (QED) is 0.146. The molecule has 8 heteroatoms. The average Bonchev–Trinajstić information content (AvgIpc) is 1.50. The summed E-state index contributed by atoms with van der Waals surface area (Å²) in [6.45, 7) is 0. The first-order valence-corrected chi connectivity index (χ1v) is 41.5. The van der Waals surface area contributed by atoms with Crippen LogP contribution in [0.4, 0.5) is 0 Å². The maximum Gasteiger partial charge on any atom is 0.160 e. The van der Waals surface area contributed by atoms with Crippen molar-refractivity contribution in [1.29, 1.82) is 0 Å². The molecule has 5 aromatic heterocycles. The number of nitrogens with zero attached hydrogens (tertiary/aromatic N) is 6. The average molecular weight is 1550 g/mol. The molecule has 8 nitrogen and oxygen atoms in total. The van der Waals surface area contributed by atoms with Crippen LogP contribution in [-0.4, -0.2) is 29.9 Å². The zero-order valence-electron chi connectivity index (χ0n) is 65.8. The molecule has 26 rings (SSSR count). The second-order valence-electron chi connectivity index (χ2n) is 32.0. The van der Waals surface area contributed by atoms with Crippen LogP contribution in [0.15, 0.2) is 413 Å². The van der Waals surface area contributed by atoms with Crippen LogP contribution in [-0.2, 0) is 10.8 Å². The molecule has 2 spiro atoms.